The van der Waals surface area contributed by atoms with E-state index in [2.05, 4.69) is 41.4 Å². The molecule has 1 aromatic rings. The molecule has 0 radical (unpaired) electrons. The summed E-state index contributed by atoms with van der Waals surface area (Å²) in [6.07, 6.45) is 2.16. The van der Waals surface area contributed by atoms with Gasteiger partial charge >= 0.3 is 6.03 Å². The summed E-state index contributed by atoms with van der Waals surface area (Å²) >= 11 is 0. The van der Waals surface area contributed by atoms with Gasteiger partial charge in [0, 0.05) is 46.3 Å². The molecular weight excluding hydrogens is 328 g/mol. The van der Waals surface area contributed by atoms with E-state index in [1.165, 1.54) is 5.56 Å². The van der Waals surface area contributed by atoms with Crippen LogP contribution < -0.4 is 5.32 Å². The standard InChI is InChI=1S/C20H30N4O2/c1-15-4-6-16(7-5-15)10-21-20(26)24-12-17-8-9-18(24)13-23(11-17)14-19(25)22(2)3/h4-7,17-18H,8-14H2,1-3H3,(H,21,26)/t17-,18+/m1/s1. The summed E-state index contributed by atoms with van der Waals surface area (Å²) in [5, 5.41) is 3.07. The fourth-order valence-electron chi connectivity index (χ4n) is 3.87. The van der Waals surface area contributed by atoms with Crippen LogP contribution >= 0.6 is 0 Å². The Labute approximate surface area is 156 Å². The molecule has 6 nitrogen and oxygen atoms in total. The van der Waals surface area contributed by atoms with Gasteiger partial charge in [-0.2, -0.15) is 0 Å². The third-order valence-electron chi connectivity index (χ3n) is 5.47. The summed E-state index contributed by atoms with van der Waals surface area (Å²) in [5.74, 6) is 0.579. The maximum absolute atomic E-state index is 12.7. The molecule has 3 heterocycles. The summed E-state index contributed by atoms with van der Waals surface area (Å²) in [7, 11) is 3.58. The monoisotopic (exact) mass is 358 g/mol. The van der Waals surface area contributed by atoms with E-state index in [0.29, 0.717) is 19.0 Å². The number of aryl methyl sites for hydroxylation is 1. The molecule has 3 amide bonds. The van der Waals surface area contributed by atoms with E-state index in [9.17, 15) is 9.59 Å². The Kier molecular flexibility index (Phi) is 5.81. The number of amides is 3. The van der Waals surface area contributed by atoms with Gasteiger partial charge in [0.15, 0.2) is 0 Å². The third-order valence-corrected chi connectivity index (χ3v) is 5.47. The van der Waals surface area contributed by atoms with Crippen LogP contribution in [0.15, 0.2) is 24.3 Å². The van der Waals surface area contributed by atoms with Gasteiger partial charge in [-0.3, -0.25) is 9.69 Å². The Balaban J connectivity index is 1.57. The van der Waals surface area contributed by atoms with Crippen molar-refractivity contribution in [3.8, 4) is 0 Å². The zero-order chi connectivity index (χ0) is 18.7. The highest BCUT2D eigenvalue weighted by atomic mass is 16.2. The van der Waals surface area contributed by atoms with Gasteiger partial charge in [0.25, 0.3) is 0 Å². The molecule has 0 aliphatic carbocycles. The maximum atomic E-state index is 12.7. The van der Waals surface area contributed by atoms with E-state index >= 15 is 0 Å². The fourth-order valence-corrected chi connectivity index (χ4v) is 3.87. The Morgan fingerprint density at radius 3 is 2.54 bits per heavy atom. The number of piperidine rings is 1. The van der Waals surface area contributed by atoms with E-state index < -0.39 is 0 Å². The lowest BCUT2D eigenvalue weighted by atomic mass is 9.95. The van der Waals surface area contributed by atoms with Crippen LogP contribution in [0.25, 0.3) is 0 Å². The van der Waals surface area contributed by atoms with Crippen molar-refractivity contribution in [3.05, 3.63) is 35.4 Å². The van der Waals surface area contributed by atoms with Crippen LogP contribution in [-0.2, 0) is 11.3 Å². The zero-order valence-electron chi connectivity index (χ0n) is 16.1. The minimum Gasteiger partial charge on any atom is -0.348 e. The van der Waals surface area contributed by atoms with Crippen LogP contribution in [0.3, 0.4) is 0 Å². The van der Waals surface area contributed by atoms with E-state index in [4.69, 9.17) is 0 Å². The molecule has 4 rings (SSSR count). The summed E-state index contributed by atoms with van der Waals surface area (Å²) in [6.45, 7) is 5.53. The first-order valence-corrected chi connectivity index (χ1v) is 9.45. The van der Waals surface area contributed by atoms with Crippen LogP contribution in [0.5, 0.6) is 0 Å². The van der Waals surface area contributed by atoms with Gasteiger partial charge in [0.1, 0.15) is 0 Å². The average molecular weight is 358 g/mol. The highest BCUT2D eigenvalue weighted by molar-refractivity contribution is 5.78. The van der Waals surface area contributed by atoms with E-state index in [1.54, 1.807) is 19.0 Å². The number of nitrogens with zero attached hydrogens (tertiary/aromatic N) is 3. The summed E-state index contributed by atoms with van der Waals surface area (Å²) in [6, 6.07) is 8.45. The van der Waals surface area contributed by atoms with Gasteiger partial charge in [-0.15, -0.1) is 0 Å². The topological polar surface area (TPSA) is 55.9 Å². The molecule has 0 aromatic heterocycles. The molecule has 3 aliphatic rings. The van der Waals surface area contributed by atoms with Gasteiger partial charge in [-0.05, 0) is 31.2 Å². The number of hydrogen-bond acceptors (Lipinski definition) is 3. The predicted octanol–water partition coefficient (Wildman–Crippen LogP) is 1.69. The third kappa shape index (κ3) is 4.55. The van der Waals surface area contributed by atoms with Crippen molar-refractivity contribution in [1.82, 2.24) is 20.0 Å². The van der Waals surface area contributed by atoms with Crippen LogP contribution in [-0.4, -0.2) is 73.0 Å². The molecule has 6 heteroatoms. The number of fused-ring (bicyclic) bond motifs is 4. The van der Waals surface area contributed by atoms with Crippen LogP contribution in [0, 0.1) is 12.8 Å². The van der Waals surface area contributed by atoms with Crippen molar-refractivity contribution in [2.45, 2.75) is 32.4 Å². The largest absolute Gasteiger partial charge is 0.348 e. The Hall–Kier alpha value is -2.08. The smallest absolute Gasteiger partial charge is 0.317 e. The molecule has 3 aliphatic heterocycles. The number of benzene rings is 1. The minimum absolute atomic E-state index is 0.0149. The number of nitrogens with one attached hydrogen (secondary N) is 1. The van der Waals surface area contributed by atoms with Crippen molar-refractivity contribution in [1.29, 1.82) is 0 Å². The molecule has 3 saturated heterocycles. The van der Waals surface area contributed by atoms with Crippen molar-refractivity contribution < 1.29 is 9.59 Å². The highest BCUT2D eigenvalue weighted by Gasteiger charge is 2.37. The maximum Gasteiger partial charge on any atom is 0.317 e. The second-order valence-corrected chi connectivity index (χ2v) is 7.88. The van der Waals surface area contributed by atoms with Crippen molar-refractivity contribution in [3.63, 3.8) is 0 Å². The molecule has 2 atom stereocenters. The van der Waals surface area contributed by atoms with Crippen molar-refractivity contribution >= 4 is 11.9 Å². The Morgan fingerprint density at radius 1 is 1.12 bits per heavy atom. The molecule has 142 valence electrons. The molecule has 1 aromatic carbocycles. The number of urea groups is 1. The lowest BCUT2D eigenvalue weighted by molar-refractivity contribution is -0.129. The molecule has 2 bridgehead atoms. The first-order valence-electron chi connectivity index (χ1n) is 9.45. The Morgan fingerprint density at radius 2 is 1.85 bits per heavy atom. The predicted molar refractivity (Wildman–Crippen MR) is 102 cm³/mol. The normalized spacial score (nSPS) is 22.8. The average Bonchev–Trinajstić information content (AvgIpc) is 2.91. The number of hydrogen-bond donors (Lipinski definition) is 1. The number of carbonyl (C=O) groups excluding carboxylic acids is 2. The highest BCUT2D eigenvalue weighted by Crippen LogP contribution is 2.28. The fraction of sp³-hybridized carbons (Fsp3) is 0.600. The molecular formula is C20H30N4O2. The van der Waals surface area contributed by atoms with E-state index in [1.807, 2.05) is 4.90 Å². The molecule has 0 spiro atoms. The van der Waals surface area contributed by atoms with Crippen LogP contribution in [0.1, 0.15) is 24.0 Å². The minimum atomic E-state index is 0.0149. The molecule has 3 fully saturated rings. The SMILES string of the molecule is Cc1ccc(CNC(=O)N2C[C@@H]3CC[C@H]2CN(CC(=O)N(C)C)C3)cc1. The van der Waals surface area contributed by atoms with E-state index in [0.717, 1.165) is 38.0 Å². The molecule has 1 N–H and O–H groups in total. The zero-order valence-corrected chi connectivity index (χ0v) is 16.1. The van der Waals surface area contributed by atoms with E-state index in [-0.39, 0.29) is 18.0 Å². The molecule has 0 unspecified atom stereocenters. The summed E-state index contributed by atoms with van der Waals surface area (Å²) in [4.78, 5) is 30.6. The first kappa shape index (κ1) is 18.7. The lowest BCUT2D eigenvalue weighted by Crippen LogP contribution is -2.51. The van der Waals surface area contributed by atoms with Gasteiger partial charge in [0.05, 0.1) is 6.54 Å². The number of likely N-dealkylation sites (N-methyl/N-ethyl adjacent to an activating group) is 1. The summed E-state index contributed by atoms with van der Waals surface area (Å²) in [5.41, 5.74) is 2.33. The number of carbonyl (C=O) groups is 2. The second-order valence-electron chi connectivity index (χ2n) is 7.88. The molecule has 0 saturated carbocycles. The lowest BCUT2D eigenvalue weighted by Gasteiger charge is -2.36. The summed E-state index contributed by atoms with van der Waals surface area (Å²) < 4.78 is 0. The second kappa shape index (κ2) is 8.08. The number of rotatable bonds is 4. The van der Waals surface area contributed by atoms with Crippen molar-refractivity contribution in [2.75, 3.05) is 40.3 Å². The van der Waals surface area contributed by atoms with Gasteiger partial charge in [0.2, 0.25) is 5.91 Å². The van der Waals surface area contributed by atoms with Crippen LogP contribution in [0.4, 0.5) is 4.79 Å². The quantitative estimate of drug-likeness (QED) is 0.891. The van der Waals surface area contributed by atoms with Gasteiger partial charge < -0.3 is 15.1 Å². The molecule has 26 heavy (non-hydrogen) atoms. The van der Waals surface area contributed by atoms with Gasteiger partial charge in [-0.1, -0.05) is 29.8 Å². The first-order chi connectivity index (χ1) is 12.4. The van der Waals surface area contributed by atoms with Crippen LogP contribution in [0.2, 0.25) is 0 Å². The van der Waals surface area contributed by atoms with Gasteiger partial charge in [-0.25, -0.2) is 4.79 Å². The Bertz CT molecular complexity index is 644. The van der Waals surface area contributed by atoms with Crippen molar-refractivity contribution in [2.24, 2.45) is 5.92 Å².